The minimum atomic E-state index is 0.457. The van der Waals surface area contributed by atoms with Crippen molar-refractivity contribution in [2.75, 3.05) is 6.61 Å². The van der Waals surface area contributed by atoms with E-state index in [4.69, 9.17) is 4.74 Å². The van der Waals surface area contributed by atoms with Crippen LogP contribution in [-0.2, 0) is 19.4 Å². The topological polar surface area (TPSA) is 21.3 Å². The van der Waals surface area contributed by atoms with Gasteiger partial charge in [0.05, 0.1) is 6.61 Å². The van der Waals surface area contributed by atoms with Crippen LogP contribution in [0.25, 0.3) is 0 Å². The van der Waals surface area contributed by atoms with E-state index in [2.05, 4.69) is 59.4 Å². The van der Waals surface area contributed by atoms with Gasteiger partial charge >= 0.3 is 0 Å². The van der Waals surface area contributed by atoms with Gasteiger partial charge in [0.25, 0.3) is 0 Å². The smallest absolute Gasteiger partial charge is 0.127 e. The summed E-state index contributed by atoms with van der Waals surface area (Å²) in [6.45, 7) is 6.07. The number of benzene rings is 1. The van der Waals surface area contributed by atoms with Crippen molar-refractivity contribution in [1.82, 2.24) is 5.32 Å². The molecule has 0 saturated carbocycles. The molecule has 3 rings (SSSR count). The summed E-state index contributed by atoms with van der Waals surface area (Å²) in [5, 5.41) is 3.62. The van der Waals surface area contributed by atoms with Gasteiger partial charge in [-0.15, -0.1) is 11.3 Å². The van der Waals surface area contributed by atoms with Gasteiger partial charge in [-0.25, -0.2) is 0 Å². The maximum atomic E-state index is 5.78. The van der Waals surface area contributed by atoms with Crippen molar-refractivity contribution >= 4 is 27.3 Å². The number of thiophene rings is 1. The normalized spacial score (nSPS) is 14.8. The van der Waals surface area contributed by atoms with Crippen LogP contribution in [0.1, 0.15) is 27.8 Å². The van der Waals surface area contributed by atoms with Crippen LogP contribution in [0.5, 0.6) is 5.75 Å². The summed E-state index contributed by atoms with van der Waals surface area (Å²) in [4.78, 5) is 2.83. The summed E-state index contributed by atoms with van der Waals surface area (Å²) in [5.74, 6) is 1.09. The Morgan fingerprint density at radius 2 is 2.24 bits per heavy atom. The fourth-order valence-corrected chi connectivity index (χ4v) is 4.30. The molecular formula is C17H20BrNOS. The van der Waals surface area contributed by atoms with E-state index in [0.29, 0.717) is 6.04 Å². The molecule has 0 aliphatic carbocycles. The number of fused-ring (bicyclic) bond motifs is 1. The molecule has 1 aromatic carbocycles. The lowest BCUT2D eigenvalue weighted by Crippen LogP contribution is -2.27. The van der Waals surface area contributed by atoms with Crippen molar-refractivity contribution in [1.29, 1.82) is 0 Å². The minimum absolute atomic E-state index is 0.457. The Morgan fingerprint density at radius 1 is 1.38 bits per heavy atom. The first-order valence-electron chi connectivity index (χ1n) is 7.34. The van der Waals surface area contributed by atoms with Crippen molar-refractivity contribution in [3.63, 3.8) is 0 Å². The Morgan fingerprint density at radius 3 is 3.00 bits per heavy atom. The van der Waals surface area contributed by atoms with Gasteiger partial charge in [-0.1, -0.05) is 15.9 Å². The predicted molar refractivity (Wildman–Crippen MR) is 92.4 cm³/mol. The van der Waals surface area contributed by atoms with E-state index >= 15 is 0 Å². The third-order valence-corrected chi connectivity index (χ3v) is 5.25. The van der Waals surface area contributed by atoms with E-state index in [1.807, 2.05) is 11.3 Å². The Bertz CT molecular complexity index is 638. The molecule has 1 aromatic heterocycles. The maximum Gasteiger partial charge on any atom is 0.127 e. The van der Waals surface area contributed by atoms with Crippen LogP contribution in [-0.4, -0.2) is 12.6 Å². The summed E-state index contributed by atoms with van der Waals surface area (Å²) in [5.41, 5.74) is 2.58. The summed E-state index contributed by atoms with van der Waals surface area (Å²) in [6.07, 6.45) is 2.10. The van der Waals surface area contributed by atoms with Gasteiger partial charge in [0.2, 0.25) is 0 Å². The molecule has 1 unspecified atom stereocenters. The van der Waals surface area contributed by atoms with Crippen molar-refractivity contribution in [2.45, 2.75) is 39.3 Å². The molecule has 2 nitrogen and oxygen atoms in total. The Balaban J connectivity index is 1.62. The average Bonchev–Trinajstić information content (AvgIpc) is 3.04. The lowest BCUT2D eigenvalue weighted by molar-refractivity contribution is 0.351. The Labute approximate surface area is 138 Å². The molecule has 2 aromatic rings. The first-order chi connectivity index (χ1) is 10.1. The number of halogens is 1. The molecule has 1 aliphatic heterocycles. The molecule has 0 bridgehead atoms. The standard InChI is InChI=1S/C17H20BrNOS/c1-11(7-16-4-3-12(2)21-16)19-10-14-9-15(18)8-13-5-6-20-17(13)14/h3-4,8-9,11,19H,5-7,10H2,1-2H3. The van der Waals surface area contributed by atoms with E-state index in [-0.39, 0.29) is 0 Å². The van der Waals surface area contributed by atoms with E-state index < -0.39 is 0 Å². The zero-order valence-corrected chi connectivity index (χ0v) is 14.8. The van der Waals surface area contributed by atoms with Crippen molar-refractivity contribution in [3.05, 3.63) is 49.6 Å². The molecular weight excluding hydrogens is 346 g/mol. The second-order valence-corrected chi connectivity index (χ2v) is 7.94. The molecule has 0 radical (unpaired) electrons. The van der Waals surface area contributed by atoms with Crippen LogP contribution >= 0.6 is 27.3 Å². The molecule has 2 heterocycles. The van der Waals surface area contributed by atoms with E-state index in [1.54, 1.807) is 0 Å². The second-order valence-electron chi connectivity index (χ2n) is 5.65. The van der Waals surface area contributed by atoms with Gasteiger partial charge in [0, 0.05) is 38.8 Å². The molecule has 0 spiro atoms. The molecule has 4 heteroatoms. The van der Waals surface area contributed by atoms with Crippen LogP contribution in [0.2, 0.25) is 0 Å². The van der Waals surface area contributed by atoms with Crippen LogP contribution in [0.4, 0.5) is 0 Å². The van der Waals surface area contributed by atoms with Crippen molar-refractivity contribution in [3.8, 4) is 5.75 Å². The summed E-state index contributed by atoms with van der Waals surface area (Å²) < 4.78 is 6.92. The molecule has 1 N–H and O–H groups in total. The molecule has 1 aliphatic rings. The second kappa shape index (κ2) is 6.51. The molecule has 1 atom stereocenters. The van der Waals surface area contributed by atoms with Crippen LogP contribution in [0.15, 0.2) is 28.7 Å². The lowest BCUT2D eigenvalue weighted by Gasteiger charge is -2.15. The summed E-state index contributed by atoms with van der Waals surface area (Å²) in [7, 11) is 0. The number of aryl methyl sites for hydroxylation is 1. The average molecular weight is 366 g/mol. The monoisotopic (exact) mass is 365 g/mol. The van der Waals surface area contributed by atoms with Crippen molar-refractivity contribution < 1.29 is 4.74 Å². The number of nitrogens with one attached hydrogen (secondary N) is 1. The molecule has 0 amide bonds. The van der Waals surface area contributed by atoms with Gasteiger partial charge in [-0.2, -0.15) is 0 Å². The number of hydrogen-bond acceptors (Lipinski definition) is 3. The highest BCUT2D eigenvalue weighted by Gasteiger charge is 2.17. The highest BCUT2D eigenvalue weighted by molar-refractivity contribution is 9.10. The third kappa shape index (κ3) is 3.68. The highest BCUT2D eigenvalue weighted by Crippen LogP contribution is 2.33. The van der Waals surface area contributed by atoms with Crippen molar-refractivity contribution in [2.24, 2.45) is 0 Å². The van der Waals surface area contributed by atoms with Crippen LogP contribution < -0.4 is 10.1 Å². The highest BCUT2D eigenvalue weighted by atomic mass is 79.9. The lowest BCUT2D eigenvalue weighted by atomic mass is 10.1. The fourth-order valence-electron chi connectivity index (χ4n) is 2.73. The van der Waals surface area contributed by atoms with E-state index in [1.165, 1.54) is 20.9 Å². The van der Waals surface area contributed by atoms with Gasteiger partial charge < -0.3 is 10.1 Å². The molecule has 0 saturated heterocycles. The fraction of sp³-hybridized carbons (Fsp3) is 0.412. The van der Waals surface area contributed by atoms with Crippen LogP contribution in [0.3, 0.4) is 0 Å². The third-order valence-electron chi connectivity index (χ3n) is 3.77. The van der Waals surface area contributed by atoms with Gasteiger partial charge in [0.15, 0.2) is 0 Å². The molecule has 21 heavy (non-hydrogen) atoms. The number of ether oxygens (including phenoxy) is 1. The van der Waals surface area contributed by atoms with Crippen LogP contribution in [0, 0.1) is 6.92 Å². The quantitative estimate of drug-likeness (QED) is 0.843. The first-order valence-corrected chi connectivity index (χ1v) is 8.95. The van der Waals surface area contributed by atoms with Gasteiger partial charge in [0.1, 0.15) is 5.75 Å². The largest absolute Gasteiger partial charge is 0.493 e. The van der Waals surface area contributed by atoms with E-state index in [0.717, 1.165) is 36.2 Å². The van der Waals surface area contributed by atoms with E-state index in [9.17, 15) is 0 Å². The Hall–Kier alpha value is -0.840. The zero-order valence-electron chi connectivity index (χ0n) is 12.4. The zero-order chi connectivity index (χ0) is 14.8. The summed E-state index contributed by atoms with van der Waals surface area (Å²) in [6, 6.07) is 9.22. The first kappa shape index (κ1) is 15.1. The number of rotatable bonds is 5. The minimum Gasteiger partial charge on any atom is -0.493 e. The summed E-state index contributed by atoms with van der Waals surface area (Å²) >= 11 is 5.49. The maximum absolute atomic E-state index is 5.78. The SMILES string of the molecule is Cc1ccc(CC(C)NCc2cc(Br)cc3c2OCC3)s1. The predicted octanol–water partition coefficient (Wildman–Crippen LogP) is 4.47. The molecule has 0 fully saturated rings. The number of hydrogen-bond donors (Lipinski definition) is 1. The van der Waals surface area contributed by atoms with Gasteiger partial charge in [-0.3, -0.25) is 0 Å². The molecule has 112 valence electrons. The van der Waals surface area contributed by atoms with Gasteiger partial charge in [-0.05, 0) is 50.1 Å². The Kier molecular flexibility index (Phi) is 4.67.